The van der Waals surface area contributed by atoms with Gasteiger partial charge in [0.05, 0.1) is 0 Å². The summed E-state index contributed by atoms with van der Waals surface area (Å²) in [5, 5.41) is 0. The van der Waals surface area contributed by atoms with Gasteiger partial charge in [-0.3, -0.25) is 0 Å². The molecule has 1 heteroatoms. The molecule has 0 N–H and O–H groups in total. The van der Waals surface area contributed by atoms with Crippen LogP contribution in [0.25, 0.3) is 0 Å². The fraction of sp³-hybridized carbons (Fsp3) is 0.333. The van der Waals surface area contributed by atoms with E-state index in [1.165, 1.54) is 5.57 Å². The summed E-state index contributed by atoms with van der Waals surface area (Å²) in [6.07, 6.45) is 8.11. The van der Waals surface area contributed by atoms with Gasteiger partial charge in [0.15, 0.2) is 0 Å². The molecule has 0 aliphatic heterocycles. The van der Waals surface area contributed by atoms with Gasteiger partial charge in [-0.15, -0.1) is 12.6 Å². The summed E-state index contributed by atoms with van der Waals surface area (Å²) >= 11 is 4.13. The Morgan fingerprint density at radius 2 is 1.80 bits per heavy atom. The van der Waals surface area contributed by atoms with E-state index in [0.29, 0.717) is 0 Å². The van der Waals surface area contributed by atoms with Gasteiger partial charge in [-0.2, -0.15) is 0 Å². The summed E-state index contributed by atoms with van der Waals surface area (Å²) in [4.78, 5) is 1.03. The van der Waals surface area contributed by atoms with Crippen molar-refractivity contribution in [1.82, 2.24) is 0 Å². The highest BCUT2D eigenvalue weighted by atomic mass is 32.1. The van der Waals surface area contributed by atoms with E-state index < -0.39 is 0 Å². The Labute approximate surface area is 68.7 Å². The molecule has 0 saturated carbocycles. The highest BCUT2D eigenvalue weighted by Gasteiger charge is 1.76. The first-order chi connectivity index (χ1) is 4.66. The van der Waals surface area contributed by atoms with E-state index in [1.807, 2.05) is 32.1 Å². The van der Waals surface area contributed by atoms with E-state index in [9.17, 15) is 0 Å². The van der Waals surface area contributed by atoms with Gasteiger partial charge >= 0.3 is 0 Å². The molecule has 0 heterocycles. The maximum absolute atomic E-state index is 4.13. The van der Waals surface area contributed by atoms with Crippen LogP contribution in [0.15, 0.2) is 34.8 Å². The van der Waals surface area contributed by atoms with Crippen molar-refractivity contribution >= 4 is 12.6 Å². The number of hydrogen-bond acceptors (Lipinski definition) is 1. The maximum atomic E-state index is 4.13. The Morgan fingerprint density at radius 1 is 1.20 bits per heavy atom. The van der Waals surface area contributed by atoms with Crippen molar-refractivity contribution in [2.24, 2.45) is 0 Å². The van der Waals surface area contributed by atoms with Crippen LogP contribution in [0.3, 0.4) is 0 Å². The Kier molecular flexibility index (Phi) is 5.13. The summed E-state index contributed by atoms with van der Waals surface area (Å²) < 4.78 is 0. The Balaban J connectivity index is 4.05. The van der Waals surface area contributed by atoms with Crippen molar-refractivity contribution in [2.75, 3.05) is 0 Å². The first-order valence-corrected chi connectivity index (χ1v) is 3.78. The molecule has 10 heavy (non-hydrogen) atoms. The van der Waals surface area contributed by atoms with Crippen LogP contribution >= 0.6 is 12.6 Å². The fourth-order valence-corrected chi connectivity index (χ4v) is 0.645. The van der Waals surface area contributed by atoms with Crippen LogP contribution in [0, 0.1) is 0 Å². The average Bonchev–Trinajstić information content (AvgIpc) is 1.85. The molecule has 0 amide bonds. The van der Waals surface area contributed by atoms with Gasteiger partial charge in [0, 0.05) is 0 Å². The maximum Gasteiger partial charge on any atom is -0.0215 e. The monoisotopic (exact) mass is 154 g/mol. The molecular formula is C9H14S. The standard InChI is InChI=1S/C9H14S/c1-4-5-8(2)6-7-9(3)10/h4-7,10H,1-3H3/b5-4-,8-6-,9-7+. The smallest absolute Gasteiger partial charge is 0.0215 e. The third kappa shape index (κ3) is 5.70. The second kappa shape index (κ2) is 5.36. The predicted molar refractivity (Wildman–Crippen MR) is 51.3 cm³/mol. The number of hydrogen-bond donors (Lipinski definition) is 1. The molecule has 0 atom stereocenters. The predicted octanol–water partition coefficient (Wildman–Crippen LogP) is 3.34. The SMILES string of the molecule is C\C=C/C(C)=C\C=C(/C)S. The minimum Gasteiger partial charge on any atom is -0.148 e. The van der Waals surface area contributed by atoms with E-state index in [0.717, 1.165) is 4.91 Å². The lowest BCUT2D eigenvalue weighted by atomic mass is 10.2. The van der Waals surface area contributed by atoms with Gasteiger partial charge in [0.25, 0.3) is 0 Å². The lowest BCUT2D eigenvalue weighted by Crippen LogP contribution is -1.64. The lowest BCUT2D eigenvalue weighted by Gasteiger charge is -1.86. The molecule has 56 valence electrons. The largest absolute Gasteiger partial charge is 0.148 e. The van der Waals surface area contributed by atoms with Crippen molar-refractivity contribution < 1.29 is 0 Å². The van der Waals surface area contributed by atoms with Crippen molar-refractivity contribution in [3.8, 4) is 0 Å². The normalized spacial score (nSPS) is 14.8. The minimum absolute atomic E-state index is 1.03. The molecule has 0 nitrogen and oxygen atoms in total. The molecule has 0 aliphatic carbocycles. The van der Waals surface area contributed by atoms with Crippen molar-refractivity contribution in [3.63, 3.8) is 0 Å². The molecule has 0 spiro atoms. The highest BCUT2D eigenvalue weighted by molar-refractivity contribution is 7.84. The first kappa shape index (κ1) is 9.57. The average molecular weight is 154 g/mol. The van der Waals surface area contributed by atoms with Gasteiger partial charge in [-0.05, 0) is 25.7 Å². The summed E-state index contributed by atoms with van der Waals surface area (Å²) in [5.41, 5.74) is 1.25. The van der Waals surface area contributed by atoms with Crippen LogP contribution in [0.1, 0.15) is 20.8 Å². The van der Waals surface area contributed by atoms with Crippen LogP contribution in [-0.2, 0) is 0 Å². The topological polar surface area (TPSA) is 0 Å². The van der Waals surface area contributed by atoms with E-state index in [-0.39, 0.29) is 0 Å². The zero-order valence-electron chi connectivity index (χ0n) is 6.76. The number of thiol groups is 1. The van der Waals surface area contributed by atoms with Crippen molar-refractivity contribution in [3.05, 3.63) is 34.8 Å². The molecule has 0 aromatic carbocycles. The Bertz CT molecular complexity index is 169. The lowest BCUT2D eigenvalue weighted by molar-refractivity contribution is 1.49. The van der Waals surface area contributed by atoms with Gasteiger partial charge in [-0.1, -0.05) is 29.9 Å². The number of allylic oxidation sites excluding steroid dienone is 6. The molecule has 0 aliphatic rings. The van der Waals surface area contributed by atoms with Gasteiger partial charge in [0.2, 0.25) is 0 Å². The van der Waals surface area contributed by atoms with E-state index in [4.69, 9.17) is 0 Å². The quantitative estimate of drug-likeness (QED) is 0.457. The molecule has 0 saturated heterocycles. The molecule has 0 aromatic rings. The van der Waals surface area contributed by atoms with Crippen molar-refractivity contribution in [2.45, 2.75) is 20.8 Å². The molecule has 0 fully saturated rings. The Hall–Kier alpha value is -0.430. The van der Waals surface area contributed by atoms with E-state index in [1.54, 1.807) is 0 Å². The van der Waals surface area contributed by atoms with E-state index >= 15 is 0 Å². The highest BCUT2D eigenvalue weighted by Crippen LogP contribution is 2.01. The van der Waals surface area contributed by atoms with Gasteiger partial charge < -0.3 is 0 Å². The zero-order chi connectivity index (χ0) is 7.98. The zero-order valence-corrected chi connectivity index (χ0v) is 7.65. The Morgan fingerprint density at radius 3 is 2.20 bits per heavy atom. The molecule has 0 aromatic heterocycles. The van der Waals surface area contributed by atoms with Crippen LogP contribution in [0.2, 0.25) is 0 Å². The van der Waals surface area contributed by atoms with Crippen LogP contribution < -0.4 is 0 Å². The van der Waals surface area contributed by atoms with Gasteiger partial charge in [0.1, 0.15) is 0 Å². The summed E-state index contributed by atoms with van der Waals surface area (Å²) in [7, 11) is 0. The third-order valence-corrected chi connectivity index (χ3v) is 1.17. The first-order valence-electron chi connectivity index (χ1n) is 3.33. The minimum atomic E-state index is 1.03. The summed E-state index contributed by atoms with van der Waals surface area (Å²) in [6, 6.07) is 0. The molecular weight excluding hydrogens is 140 g/mol. The molecule has 0 radical (unpaired) electrons. The summed E-state index contributed by atoms with van der Waals surface area (Å²) in [5.74, 6) is 0. The second-order valence-electron chi connectivity index (χ2n) is 2.22. The number of rotatable bonds is 2. The molecule has 0 unspecified atom stereocenters. The van der Waals surface area contributed by atoms with Gasteiger partial charge in [-0.25, -0.2) is 0 Å². The summed E-state index contributed by atoms with van der Waals surface area (Å²) in [6.45, 7) is 6.03. The second-order valence-corrected chi connectivity index (χ2v) is 2.92. The van der Waals surface area contributed by atoms with Crippen LogP contribution in [0.5, 0.6) is 0 Å². The van der Waals surface area contributed by atoms with Crippen LogP contribution in [-0.4, -0.2) is 0 Å². The fourth-order valence-electron chi connectivity index (χ4n) is 0.570. The molecule has 0 bridgehead atoms. The molecule has 0 rings (SSSR count). The van der Waals surface area contributed by atoms with E-state index in [2.05, 4.69) is 25.6 Å². The van der Waals surface area contributed by atoms with Crippen molar-refractivity contribution in [1.29, 1.82) is 0 Å². The van der Waals surface area contributed by atoms with Crippen LogP contribution in [0.4, 0.5) is 0 Å². The third-order valence-electron chi connectivity index (χ3n) is 1.02.